The molecule has 0 aliphatic rings. The minimum absolute atomic E-state index is 0.120. The molecule has 0 fully saturated rings. The van der Waals surface area contributed by atoms with Gasteiger partial charge in [-0.2, -0.15) is 0 Å². The molecule has 4 N–H and O–H groups in total. The number of phenols is 1. The van der Waals surface area contributed by atoms with E-state index in [-0.39, 0.29) is 5.75 Å². The van der Waals surface area contributed by atoms with Crippen LogP contribution in [0.25, 0.3) is 0 Å². The zero-order chi connectivity index (χ0) is 10.1. The van der Waals surface area contributed by atoms with Crippen molar-refractivity contribution in [3.8, 4) is 5.75 Å². The number of nitrogens with one attached hydrogen (secondary N) is 1. The van der Waals surface area contributed by atoms with E-state index in [2.05, 4.69) is 5.32 Å². The molecule has 0 aromatic heterocycles. The van der Waals surface area contributed by atoms with Crippen LogP contribution in [0.4, 0.5) is 5.69 Å². The highest BCUT2D eigenvalue weighted by atomic mass is 16.5. The van der Waals surface area contributed by atoms with Gasteiger partial charge in [0, 0.05) is 18.7 Å². The van der Waals surface area contributed by atoms with Gasteiger partial charge in [0.05, 0.1) is 0 Å². The summed E-state index contributed by atoms with van der Waals surface area (Å²) in [6.07, 6.45) is 0. The molecule has 0 atom stereocenters. The summed E-state index contributed by atoms with van der Waals surface area (Å²) in [5.41, 5.74) is 1.19. The van der Waals surface area contributed by atoms with E-state index in [0.717, 1.165) is 5.56 Å². The van der Waals surface area contributed by atoms with Gasteiger partial charge in [0.2, 0.25) is 5.91 Å². The van der Waals surface area contributed by atoms with Gasteiger partial charge in [-0.3, -0.25) is 0 Å². The van der Waals surface area contributed by atoms with Crippen LogP contribution >= 0.6 is 0 Å². The Morgan fingerprint density at radius 2 is 1.92 bits per heavy atom. The van der Waals surface area contributed by atoms with Crippen molar-refractivity contribution >= 4 is 5.69 Å². The van der Waals surface area contributed by atoms with Crippen LogP contribution in [0.2, 0.25) is 0 Å². The Morgan fingerprint density at radius 1 is 1.31 bits per heavy atom. The fourth-order valence-corrected chi connectivity index (χ4v) is 0.961. The Morgan fingerprint density at radius 3 is 2.38 bits per heavy atom. The lowest BCUT2D eigenvalue weighted by Gasteiger charge is -2.19. The molecule has 0 bridgehead atoms. The van der Waals surface area contributed by atoms with Crippen LogP contribution in [-0.4, -0.2) is 21.2 Å². The van der Waals surface area contributed by atoms with Crippen LogP contribution in [0.3, 0.4) is 0 Å². The van der Waals surface area contributed by atoms with Gasteiger partial charge >= 0.3 is 0 Å². The maximum Gasteiger partial charge on any atom is 0.241 e. The minimum atomic E-state index is -1.97. The summed E-state index contributed by atoms with van der Waals surface area (Å²) in [6, 6.07) is 4.77. The van der Waals surface area contributed by atoms with Gasteiger partial charge in [0.1, 0.15) is 5.75 Å². The monoisotopic (exact) mass is 183 g/mol. The van der Waals surface area contributed by atoms with Gasteiger partial charge < -0.3 is 20.6 Å². The van der Waals surface area contributed by atoms with E-state index in [1.807, 2.05) is 0 Å². The van der Waals surface area contributed by atoms with Crippen LogP contribution < -0.4 is 5.32 Å². The van der Waals surface area contributed by atoms with Gasteiger partial charge in [-0.05, 0) is 18.6 Å². The second kappa shape index (κ2) is 3.24. The fraction of sp³-hybridized carbons (Fsp3) is 0.333. The molecule has 4 nitrogen and oxygen atoms in total. The van der Waals surface area contributed by atoms with E-state index in [9.17, 15) is 5.11 Å². The highest BCUT2D eigenvalue weighted by Crippen LogP contribution is 2.22. The van der Waals surface area contributed by atoms with Gasteiger partial charge in [-0.15, -0.1) is 0 Å². The van der Waals surface area contributed by atoms with Crippen molar-refractivity contribution in [3.05, 3.63) is 23.8 Å². The van der Waals surface area contributed by atoms with Gasteiger partial charge in [-0.1, -0.05) is 6.07 Å². The quantitative estimate of drug-likeness (QED) is 0.511. The third kappa shape index (κ3) is 2.93. The predicted molar refractivity (Wildman–Crippen MR) is 49.3 cm³/mol. The Kier molecular flexibility index (Phi) is 2.45. The van der Waals surface area contributed by atoms with Crippen molar-refractivity contribution < 1.29 is 15.3 Å². The average Bonchev–Trinajstić information content (AvgIpc) is 1.94. The third-order valence-corrected chi connectivity index (χ3v) is 1.59. The molecule has 1 aromatic carbocycles. The van der Waals surface area contributed by atoms with E-state index in [0.29, 0.717) is 5.69 Å². The molecule has 1 aromatic rings. The Hall–Kier alpha value is -1.26. The highest BCUT2D eigenvalue weighted by molar-refractivity contribution is 5.51. The second-order valence-electron chi connectivity index (χ2n) is 3.15. The summed E-state index contributed by atoms with van der Waals surface area (Å²) in [4.78, 5) is 0. The molecule has 0 aliphatic heterocycles. The average molecular weight is 183 g/mol. The molecule has 13 heavy (non-hydrogen) atoms. The summed E-state index contributed by atoms with van der Waals surface area (Å²) in [5, 5.41) is 29.7. The largest absolute Gasteiger partial charge is 0.508 e. The Bertz CT molecular complexity index is 304. The van der Waals surface area contributed by atoms with Crippen molar-refractivity contribution in [1.29, 1.82) is 0 Å². The van der Waals surface area contributed by atoms with Crippen LogP contribution in [0.15, 0.2) is 18.2 Å². The number of hydrogen-bond donors (Lipinski definition) is 4. The van der Waals surface area contributed by atoms with Crippen molar-refractivity contribution in [2.75, 3.05) is 5.32 Å². The lowest BCUT2D eigenvalue weighted by Crippen LogP contribution is -2.33. The van der Waals surface area contributed by atoms with Crippen LogP contribution in [-0.2, 0) is 0 Å². The van der Waals surface area contributed by atoms with Crippen LogP contribution in [0.1, 0.15) is 12.5 Å². The third-order valence-electron chi connectivity index (χ3n) is 1.59. The molecule has 4 heteroatoms. The normalized spacial score (nSPS) is 11.4. The summed E-state index contributed by atoms with van der Waals surface area (Å²) >= 11 is 0. The molecule has 0 radical (unpaired) electrons. The minimum Gasteiger partial charge on any atom is -0.508 e. The molecule has 0 unspecified atom stereocenters. The summed E-state index contributed by atoms with van der Waals surface area (Å²) in [6.45, 7) is 2.96. The molecule has 0 amide bonds. The second-order valence-corrected chi connectivity index (χ2v) is 3.15. The molecule has 72 valence electrons. The van der Waals surface area contributed by atoms with E-state index in [4.69, 9.17) is 10.2 Å². The number of benzene rings is 1. The number of aliphatic hydroxyl groups is 2. The molecular weight excluding hydrogens is 170 g/mol. The number of phenolic OH excluding ortho intramolecular Hbond substituents is 1. The van der Waals surface area contributed by atoms with Gasteiger partial charge in [-0.25, -0.2) is 0 Å². The SMILES string of the molecule is Cc1ccc(NC(C)(O)O)cc1O. The number of rotatable bonds is 2. The standard InChI is InChI=1S/C9H13NO3/c1-6-3-4-7(5-8(6)11)10-9(2,12)13/h3-5,10-13H,1-2H3. The number of anilines is 1. The fourth-order valence-electron chi connectivity index (χ4n) is 0.961. The first kappa shape index (κ1) is 9.83. The number of aromatic hydroxyl groups is 1. The van der Waals surface area contributed by atoms with Gasteiger partial charge in [0.15, 0.2) is 0 Å². The highest BCUT2D eigenvalue weighted by Gasteiger charge is 2.14. The molecule has 0 saturated heterocycles. The maximum absolute atomic E-state index is 9.29. The zero-order valence-corrected chi connectivity index (χ0v) is 7.57. The van der Waals surface area contributed by atoms with E-state index < -0.39 is 5.91 Å². The molecule has 0 aliphatic carbocycles. The molecule has 0 heterocycles. The maximum atomic E-state index is 9.29. The van der Waals surface area contributed by atoms with Crippen LogP contribution in [0.5, 0.6) is 5.75 Å². The predicted octanol–water partition coefficient (Wildman–Crippen LogP) is 0.771. The number of aryl methyl sites for hydroxylation is 1. The van der Waals surface area contributed by atoms with Crippen molar-refractivity contribution in [3.63, 3.8) is 0 Å². The Labute approximate surface area is 76.5 Å². The van der Waals surface area contributed by atoms with Crippen molar-refractivity contribution in [2.45, 2.75) is 19.8 Å². The van der Waals surface area contributed by atoms with Crippen LogP contribution in [0, 0.1) is 6.92 Å². The molecule has 1 rings (SSSR count). The van der Waals surface area contributed by atoms with Crippen molar-refractivity contribution in [1.82, 2.24) is 0 Å². The van der Waals surface area contributed by atoms with E-state index in [1.54, 1.807) is 19.1 Å². The van der Waals surface area contributed by atoms with E-state index in [1.165, 1.54) is 13.0 Å². The summed E-state index contributed by atoms with van der Waals surface area (Å²) in [5.74, 6) is -1.85. The lowest BCUT2D eigenvalue weighted by molar-refractivity contribution is -0.118. The zero-order valence-electron chi connectivity index (χ0n) is 7.57. The lowest BCUT2D eigenvalue weighted by atomic mass is 10.2. The Balaban J connectivity index is 2.86. The molecule has 0 saturated carbocycles. The molecular formula is C9H13NO3. The summed E-state index contributed by atoms with van der Waals surface area (Å²) < 4.78 is 0. The van der Waals surface area contributed by atoms with Crippen molar-refractivity contribution in [2.24, 2.45) is 0 Å². The van der Waals surface area contributed by atoms with E-state index >= 15 is 0 Å². The van der Waals surface area contributed by atoms with Gasteiger partial charge in [0.25, 0.3) is 0 Å². The first-order valence-corrected chi connectivity index (χ1v) is 3.91. The first-order chi connectivity index (χ1) is 5.88. The topological polar surface area (TPSA) is 72.7 Å². The molecule has 0 spiro atoms. The smallest absolute Gasteiger partial charge is 0.241 e. The summed E-state index contributed by atoms with van der Waals surface area (Å²) in [7, 11) is 0. The number of hydrogen-bond acceptors (Lipinski definition) is 4. The first-order valence-electron chi connectivity index (χ1n) is 3.91.